The van der Waals surface area contributed by atoms with E-state index in [2.05, 4.69) is 0 Å². The van der Waals surface area contributed by atoms with Gasteiger partial charge in [0.25, 0.3) is 0 Å². The van der Waals surface area contributed by atoms with Crippen LogP contribution in [-0.4, -0.2) is 77.1 Å². The molecule has 7 aliphatic rings. The molecule has 9 atom stereocenters. The molecule has 2 aliphatic heterocycles. The molecular weight excluding hydrogens is 528 g/mol. The van der Waals surface area contributed by atoms with Crippen molar-refractivity contribution in [3.05, 3.63) is 23.8 Å². The van der Waals surface area contributed by atoms with Crippen molar-refractivity contribution < 1.29 is 33.0 Å². The van der Waals surface area contributed by atoms with Crippen LogP contribution in [0.5, 0.6) is 0 Å². The summed E-state index contributed by atoms with van der Waals surface area (Å²) < 4.78 is 45.2. The minimum absolute atomic E-state index is 0.0626. The number of Topliss-reactive ketones (excluding diaryl/α,β-unsaturated/α-hetero) is 1. The van der Waals surface area contributed by atoms with E-state index < -0.39 is 52.7 Å². The number of fused-ring (bicyclic) bond motifs is 7. The van der Waals surface area contributed by atoms with Crippen LogP contribution in [0, 0.1) is 28.6 Å². The van der Waals surface area contributed by atoms with Crippen molar-refractivity contribution in [3.63, 3.8) is 0 Å². The molecule has 0 unspecified atom stereocenters. The van der Waals surface area contributed by atoms with Crippen molar-refractivity contribution in [2.24, 2.45) is 28.6 Å². The van der Waals surface area contributed by atoms with Crippen LogP contribution in [-0.2, 0) is 19.1 Å². The number of allylic oxidation sites excluding steroid dienone is 4. The third-order valence-electron chi connectivity index (χ3n) is 12.7. The molecule has 0 radical (unpaired) electrons. The standard InChI is InChI=1S/C33H45F2NO5/c1-30-13-10-23(37)16-21(30)8-9-24-25-17-28-33(31(25,2)18-26(38)32(24,30)35,27(39)19-36-14-11-22(34)12-15-36)41-29(40-28)20-6-4-3-5-7-20/h10,13,16,20,22,24-26,28-29,38H,3-9,11-12,14-15,17-19H2,1-2H3/t24-,25-,26-,28+,29+,30-,31-,32-,33+/m0/s1. The summed E-state index contributed by atoms with van der Waals surface area (Å²) >= 11 is 0. The Morgan fingerprint density at radius 3 is 2.56 bits per heavy atom. The summed E-state index contributed by atoms with van der Waals surface area (Å²) in [5.41, 5.74) is -4.39. The quantitative estimate of drug-likeness (QED) is 0.509. The maximum atomic E-state index is 17.7. The van der Waals surface area contributed by atoms with Crippen molar-refractivity contribution in [2.45, 2.75) is 120 Å². The Labute approximate surface area is 241 Å². The lowest BCUT2D eigenvalue weighted by Crippen LogP contribution is -2.70. The second-order valence-corrected chi connectivity index (χ2v) is 14.6. The van der Waals surface area contributed by atoms with Gasteiger partial charge >= 0.3 is 0 Å². The van der Waals surface area contributed by atoms with Gasteiger partial charge in [0.1, 0.15) is 6.17 Å². The van der Waals surface area contributed by atoms with Gasteiger partial charge < -0.3 is 14.6 Å². The number of ether oxygens (including phenoxy) is 2. The van der Waals surface area contributed by atoms with Crippen LogP contribution in [0.25, 0.3) is 0 Å². The lowest BCUT2D eigenvalue weighted by atomic mass is 9.44. The molecule has 41 heavy (non-hydrogen) atoms. The first-order valence-corrected chi connectivity index (χ1v) is 16.1. The van der Waals surface area contributed by atoms with E-state index in [9.17, 15) is 19.1 Å². The number of aliphatic hydroxyl groups excluding tert-OH is 1. The van der Waals surface area contributed by atoms with Crippen LogP contribution < -0.4 is 0 Å². The third kappa shape index (κ3) is 3.85. The predicted molar refractivity (Wildman–Crippen MR) is 148 cm³/mol. The fourth-order valence-corrected chi connectivity index (χ4v) is 10.5. The summed E-state index contributed by atoms with van der Waals surface area (Å²) in [6.07, 6.45) is 9.48. The van der Waals surface area contributed by atoms with Gasteiger partial charge in [-0.3, -0.25) is 14.5 Å². The number of rotatable bonds is 4. The van der Waals surface area contributed by atoms with Gasteiger partial charge in [0.05, 0.1) is 18.8 Å². The molecule has 2 heterocycles. The lowest BCUT2D eigenvalue weighted by Gasteiger charge is -2.62. The number of alkyl halides is 2. The zero-order valence-electron chi connectivity index (χ0n) is 24.5. The van der Waals surface area contributed by atoms with E-state index in [1.807, 2.05) is 18.7 Å². The molecule has 2 saturated heterocycles. The molecule has 0 aromatic heterocycles. The molecule has 8 heteroatoms. The summed E-state index contributed by atoms with van der Waals surface area (Å²) in [7, 11) is 0. The Hall–Kier alpha value is -1.48. The Balaban J connectivity index is 1.25. The SMILES string of the molecule is C[C@]12C=CC(=O)C=C1CC[C@H]1[C@@H]3C[C@H]4O[C@@H](C5CCCCC5)O[C@@]4(C(=O)CN4CCC(F)CC4)[C@@]3(C)C[C@H](O)[C@@]12F. The highest BCUT2D eigenvalue weighted by Crippen LogP contribution is 2.72. The normalized spacial score (nSPS) is 48.8. The molecule has 6 fully saturated rings. The maximum absolute atomic E-state index is 17.7. The van der Waals surface area contributed by atoms with Gasteiger partial charge in [0.15, 0.2) is 29.1 Å². The summed E-state index contributed by atoms with van der Waals surface area (Å²) in [6.45, 7) is 5.06. The van der Waals surface area contributed by atoms with Crippen LogP contribution in [0.3, 0.4) is 0 Å². The number of carbonyl (C=O) groups is 2. The van der Waals surface area contributed by atoms with Crippen molar-refractivity contribution in [2.75, 3.05) is 19.6 Å². The first kappa shape index (κ1) is 28.3. The first-order valence-electron chi connectivity index (χ1n) is 16.1. The Morgan fingerprint density at radius 2 is 1.83 bits per heavy atom. The molecule has 7 rings (SSSR count). The molecule has 0 spiro atoms. The molecule has 0 aromatic carbocycles. The number of ketones is 2. The summed E-state index contributed by atoms with van der Waals surface area (Å²) in [6, 6.07) is 0. The van der Waals surface area contributed by atoms with Crippen LogP contribution in [0.2, 0.25) is 0 Å². The van der Waals surface area contributed by atoms with Gasteiger partial charge in [0, 0.05) is 35.8 Å². The summed E-state index contributed by atoms with van der Waals surface area (Å²) in [5.74, 6) is -0.704. The van der Waals surface area contributed by atoms with E-state index in [1.54, 1.807) is 12.2 Å². The number of hydrogen-bond acceptors (Lipinski definition) is 6. The van der Waals surface area contributed by atoms with Gasteiger partial charge in [0.2, 0.25) is 0 Å². The minimum atomic E-state index is -1.97. The van der Waals surface area contributed by atoms with Crippen LogP contribution in [0.4, 0.5) is 8.78 Å². The molecule has 6 nitrogen and oxygen atoms in total. The summed E-state index contributed by atoms with van der Waals surface area (Å²) in [4.78, 5) is 28.8. The smallest absolute Gasteiger partial charge is 0.181 e. The third-order valence-corrected chi connectivity index (χ3v) is 12.7. The van der Waals surface area contributed by atoms with E-state index in [0.29, 0.717) is 45.2 Å². The van der Waals surface area contributed by atoms with Crippen LogP contribution in [0.15, 0.2) is 23.8 Å². The number of nitrogens with zero attached hydrogens (tertiary/aromatic N) is 1. The fourth-order valence-electron chi connectivity index (χ4n) is 10.5. The second kappa shape index (κ2) is 9.76. The average Bonchev–Trinajstić information content (AvgIpc) is 3.45. The molecule has 0 amide bonds. The van der Waals surface area contributed by atoms with E-state index in [-0.39, 0.29) is 36.4 Å². The van der Waals surface area contributed by atoms with Gasteiger partial charge in [-0.25, -0.2) is 8.78 Å². The monoisotopic (exact) mass is 573 g/mol. The molecule has 1 N–H and O–H groups in total. The number of carbonyl (C=O) groups excluding carboxylic acids is 2. The van der Waals surface area contributed by atoms with Crippen LogP contribution >= 0.6 is 0 Å². The Kier molecular flexibility index (Phi) is 6.74. The minimum Gasteiger partial charge on any atom is -0.390 e. The molecule has 226 valence electrons. The Bertz CT molecular complexity index is 1160. The molecular formula is C33H45F2NO5. The van der Waals surface area contributed by atoms with Crippen molar-refractivity contribution >= 4 is 11.6 Å². The van der Waals surface area contributed by atoms with Crippen molar-refractivity contribution in [1.29, 1.82) is 0 Å². The van der Waals surface area contributed by atoms with Crippen molar-refractivity contribution in [1.82, 2.24) is 4.90 Å². The first-order chi connectivity index (χ1) is 19.5. The average molecular weight is 574 g/mol. The van der Waals surface area contributed by atoms with Crippen molar-refractivity contribution in [3.8, 4) is 0 Å². The topological polar surface area (TPSA) is 76.1 Å². The number of hydrogen-bond donors (Lipinski definition) is 1. The lowest BCUT2D eigenvalue weighted by molar-refractivity contribution is -0.235. The van der Waals surface area contributed by atoms with E-state index in [1.165, 1.54) is 12.5 Å². The predicted octanol–water partition coefficient (Wildman–Crippen LogP) is 5.03. The number of piperidine rings is 1. The highest BCUT2D eigenvalue weighted by Gasteiger charge is 2.79. The zero-order chi connectivity index (χ0) is 28.8. The van der Waals surface area contributed by atoms with E-state index in [4.69, 9.17) is 9.47 Å². The highest BCUT2D eigenvalue weighted by atomic mass is 19.1. The van der Waals surface area contributed by atoms with E-state index >= 15 is 4.39 Å². The molecule has 0 bridgehead atoms. The molecule has 4 saturated carbocycles. The fraction of sp³-hybridized carbons (Fsp3) is 0.818. The highest BCUT2D eigenvalue weighted by molar-refractivity contribution is 6.01. The molecule has 0 aromatic rings. The summed E-state index contributed by atoms with van der Waals surface area (Å²) in [5, 5.41) is 11.8. The largest absolute Gasteiger partial charge is 0.390 e. The molecule has 5 aliphatic carbocycles. The maximum Gasteiger partial charge on any atom is 0.181 e. The van der Waals surface area contributed by atoms with Gasteiger partial charge in [-0.15, -0.1) is 0 Å². The number of aliphatic hydroxyl groups is 1. The van der Waals surface area contributed by atoms with Gasteiger partial charge in [-0.2, -0.15) is 0 Å². The van der Waals surface area contributed by atoms with E-state index in [0.717, 1.165) is 31.3 Å². The van der Waals surface area contributed by atoms with Gasteiger partial charge in [-0.1, -0.05) is 37.8 Å². The zero-order valence-corrected chi connectivity index (χ0v) is 24.5. The Morgan fingerprint density at radius 1 is 1.10 bits per heavy atom. The second-order valence-electron chi connectivity index (χ2n) is 14.6. The number of halogens is 2. The number of likely N-dealkylation sites (tertiary alicyclic amines) is 1. The van der Waals surface area contributed by atoms with Crippen LogP contribution in [0.1, 0.15) is 84.5 Å². The van der Waals surface area contributed by atoms with Gasteiger partial charge in [-0.05, 0) is 76.4 Å².